The van der Waals surface area contributed by atoms with Gasteiger partial charge in [0, 0.05) is 12.5 Å². The van der Waals surface area contributed by atoms with E-state index < -0.39 is 23.3 Å². The fourth-order valence-electron chi connectivity index (χ4n) is 2.41. The second kappa shape index (κ2) is 4.70. The van der Waals surface area contributed by atoms with Gasteiger partial charge in [-0.15, -0.1) is 0 Å². The molecule has 1 aromatic rings. The summed E-state index contributed by atoms with van der Waals surface area (Å²) < 4.78 is 26.1. The van der Waals surface area contributed by atoms with Crippen LogP contribution in [0, 0.1) is 11.6 Å². The minimum atomic E-state index is -1.11. The van der Waals surface area contributed by atoms with Crippen molar-refractivity contribution in [3.8, 4) is 0 Å². The number of halogens is 2. The number of benzene rings is 1. The largest absolute Gasteiger partial charge is 0.390 e. The Hall–Kier alpha value is -1.00. The summed E-state index contributed by atoms with van der Waals surface area (Å²) in [6, 6.07) is 3.26. The van der Waals surface area contributed by atoms with Gasteiger partial charge >= 0.3 is 0 Å². The molecule has 2 N–H and O–H groups in total. The summed E-state index contributed by atoms with van der Waals surface area (Å²) in [5.74, 6) is -1.31. The Morgan fingerprint density at radius 3 is 2.47 bits per heavy atom. The summed E-state index contributed by atoms with van der Waals surface area (Å²) in [6.07, 6.45) is 1.85. The Kier molecular flexibility index (Phi) is 3.45. The number of rotatable bonds is 3. The summed E-state index contributed by atoms with van der Waals surface area (Å²) in [6.45, 7) is 0. The Labute approximate surface area is 98.9 Å². The summed E-state index contributed by atoms with van der Waals surface area (Å²) in [5, 5.41) is 20.1. The highest BCUT2D eigenvalue weighted by Crippen LogP contribution is 2.33. The van der Waals surface area contributed by atoms with Crippen molar-refractivity contribution in [3.63, 3.8) is 0 Å². The molecule has 1 atom stereocenters. The number of aliphatic hydroxyl groups excluding tert-OH is 1. The van der Waals surface area contributed by atoms with E-state index in [1.807, 2.05) is 0 Å². The lowest BCUT2D eigenvalue weighted by Gasteiger charge is -2.28. The molecule has 17 heavy (non-hydrogen) atoms. The van der Waals surface area contributed by atoms with Gasteiger partial charge < -0.3 is 10.2 Å². The van der Waals surface area contributed by atoms with Gasteiger partial charge in [0.05, 0.1) is 11.7 Å². The predicted octanol–water partition coefficient (Wildman–Crippen LogP) is 2.17. The second-order valence-electron chi connectivity index (χ2n) is 4.77. The van der Waals surface area contributed by atoms with Crippen molar-refractivity contribution in [1.82, 2.24) is 0 Å². The van der Waals surface area contributed by atoms with Crippen molar-refractivity contribution in [2.45, 2.75) is 43.8 Å². The molecular formula is C13H16F2O2. The standard InChI is InChI=1S/C13H16F2O2/c14-10-4-3-9(11(15)8-10)7-12(16)13(17)5-1-2-6-13/h3-4,8,12,16-17H,1-2,5-7H2. The molecular weight excluding hydrogens is 226 g/mol. The Morgan fingerprint density at radius 2 is 1.88 bits per heavy atom. The van der Waals surface area contributed by atoms with Gasteiger partial charge in [-0.2, -0.15) is 0 Å². The van der Waals surface area contributed by atoms with E-state index in [0.29, 0.717) is 12.8 Å². The van der Waals surface area contributed by atoms with Crippen LogP contribution in [0.2, 0.25) is 0 Å². The van der Waals surface area contributed by atoms with E-state index in [2.05, 4.69) is 0 Å². The third kappa shape index (κ3) is 2.64. The van der Waals surface area contributed by atoms with Crippen molar-refractivity contribution < 1.29 is 19.0 Å². The van der Waals surface area contributed by atoms with E-state index in [-0.39, 0.29) is 12.0 Å². The van der Waals surface area contributed by atoms with Gasteiger partial charge in [-0.05, 0) is 24.5 Å². The molecule has 1 aromatic carbocycles. The maximum Gasteiger partial charge on any atom is 0.129 e. The molecule has 2 rings (SSSR count). The fourth-order valence-corrected chi connectivity index (χ4v) is 2.41. The minimum absolute atomic E-state index is 0.0165. The maximum absolute atomic E-state index is 13.4. The Balaban J connectivity index is 2.10. The minimum Gasteiger partial charge on any atom is -0.390 e. The smallest absolute Gasteiger partial charge is 0.129 e. The van der Waals surface area contributed by atoms with Crippen molar-refractivity contribution in [1.29, 1.82) is 0 Å². The second-order valence-corrected chi connectivity index (χ2v) is 4.77. The van der Waals surface area contributed by atoms with Gasteiger partial charge in [0.15, 0.2) is 0 Å². The average Bonchev–Trinajstić information content (AvgIpc) is 2.71. The zero-order valence-electron chi connectivity index (χ0n) is 9.50. The summed E-state index contributed by atoms with van der Waals surface area (Å²) in [4.78, 5) is 0. The Bertz CT molecular complexity index is 400. The van der Waals surface area contributed by atoms with E-state index in [1.54, 1.807) is 0 Å². The number of hydrogen-bond acceptors (Lipinski definition) is 2. The highest BCUT2D eigenvalue weighted by atomic mass is 19.1. The lowest BCUT2D eigenvalue weighted by molar-refractivity contribution is -0.0692. The molecule has 0 heterocycles. The van der Waals surface area contributed by atoms with Crippen LogP contribution in [0.15, 0.2) is 18.2 Å². The Morgan fingerprint density at radius 1 is 1.24 bits per heavy atom. The van der Waals surface area contributed by atoms with Gasteiger partial charge in [0.25, 0.3) is 0 Å². The SMILES string of the molecule is OC(Cc1ccc(F)cc1F)C1(O)CCCC1. The zero-order chi connectivity index (χ0) is 12.5. The van der Waals surface area contributed by atoms with Gasteiger partial charge in [-0.3, -0.25) is 0 Å². The maximum atomic E-state index is 13.4. The lowest BCUT2D eigenvalue weighted by atomic mass is 9.90. The molecule has 0 spiro atoms. The van der Waals surface area contributed by atoms with E-state index >= 15 is 0 Å². The molecule has 1 unspecified atom stereocenters. The van der Waals surface area contributed by atoms with Gasteiger partial charge in [-0.25, -0.2) is 8.78 Å². The van der Waals surface area contributed by atoms with E-state index in [9.17, 15) is 19.0 Å². The van der Waals surface area contributed by atoms with Crippen LogP contribution in [0.4, 0.5) is 8.78 Å². The van der Waals surface area contributed by atoms with E-state index in [0.717, 1.165) is 25.0 Å². The first kappa shape index (κ1) is 12.5. The molecule has 1 saturated carbocycles. The van der Waals surface area contributed by atoms with Crippen molar-refractivity contribution in [2.75, 3.05) is 0 Å². The lowest BCUT2D eigenvalue weighted by Crippen LogP contribution is -2.41. The normalized spacial score (nSPS) is 20.5. The van der Waals surface area contributed by atoms with Crippen molar-refractivity contribution >= 4 is 0 Å². The summed E-state index contributed by atoms with van der Waals surface area (Å²) in [7, 11) is 0. The topological polar surface area (TPSA) is 40.5 Å². The first-order valence-electron chi connectivity index (χ1n) is 5.86. The number of aliphatic hydroxyl groups is 2. The van der Waals surface area contributed by atoms with Crippen LogP contribution in [0.25, 0.3) is 0 Å². The van der Waals surface area contributed by atoms with Crippen LogP contribution in [0.5, 0.6) is 0 Å². The molecule has 0 radical (unpaired) electrons. The zero-order valence-corrected chi connectivity index (χ0v) is 9.50. The first-order chi connectivity index (χ1) is 8.01. The quantitative estimate of drug-likeness (QED) is 0.852. The van der Waals surface area contributed by atoms with Crippen LogP contribution >= 0.6 is 0 Å². The van der Waals surface area contributed by atoms with Crippen LogP contribution in [-0.4, -0.2) is 21.9 Å². The highest BCUT2D eigenvalue weighted by Gasteiger charge is 2.38. The van der Waals surface area contributed by atoms with Gasteiger partial charge in [0.1, 0.15) is 11.6 Å². The third-order valence-corrected chi connectivity index (χ3v) is 3.52. The van der Waals surface area contributed by atoms with Gasteiger partial charge in [-0.1, -0.05) is 18.9 Å². The highest BCUT2D eigenvalue weighted by molar-refractivity contribution is 5.20. The molecule has 2 nitrogen and oxygen atoms in total. The fraction of sp³-hybridized carbons (Fsp3) is 0.538. The molecule has 94 valence electrons. The molecule has 1 aliphatic carbocycles. The molecule has 0 bridgehead atoms. The molecule has 0 aromatic heterocycles. The van der Waals surface area contributed by atoms with Gasteiger partial charge in [0.2, 0.25) is 0 Å². The van der Waals surface area contributed by atoms with Crippen molar-refractivity contribution in [3.05, 3.63) is 35.4 Å². The third-order valence-electron chi connectivity index (χ3n) is 3.52. The van der Waals surface area contributed by atoms with Crippen LogP contribution in [0.3, 0.4) is 0 Å². The van der Waals surface area contributed by atoms with Crippen LogP contribution < -0.4 is 0 Å². The molecule has 1 aliphatic rings. The molecule has 1 fully saturated rings. The monoisotopic (exact) mass is 242 g/mol. The van der Waals surface area contributed by atoms with E-state index in [4.69, 9.17) is 0 Å². The van der Waals surface area contributed by atoms with Crippen molar-refractivity contribution in [2.24, 2.45) is 0 Å². The summed E-state index contributed by atoms with van der Waals surface area (Å²) in [5.41, 5.74) is -0.875. The predicted molar refractivity (Wildman–Crippen MR) is 59.5 cm³/mol. The first-order valence-corrected chi connectivity index (χ1v) is 5.86. The molecule has 0 aliphatic heterocycles. The average molecular weight is 242 g/mol. The molecule has 4 heteroatoms. The molecule has 0 saturated heterocycles. The summed E-state index contributed by atoms with van der Waals surface area (Å²) >= 11 is 0. The number of hydrogen-bond donors (Lipinski definition) is 2. The van der Waals surface area contributed by atoms with Crippen LogP contribution in [-0.2, 0) is 6.42 Å². The van der Waals surface area contributed by atoms with Crippen LogP contribution in [0.1, 0.15) is 31.2 Å². The molecule has 0 amide bonds. The van der Waals surface area contributed by atoms with E-state index in [1.165, 1.54) is 6.07 Å².